The zero-order valence-electron chi connectivity index (χ0n) is 10.7. The van der Waals surface area contributed by atoms with Gasteiger partial charge >= 0.3 is 5.97 Å². The molecule has 6 nitrogen and oxygen atoms in total. The molecule has 0 spiro atoms. The van der Waals surface area contributed by atoms with Gasteiger partial charge in [-0.15, -0.1) is 5.10 Å². The minimum atomic E-state index is -0.796. The van der Waals surface area contributed by atoms with Crippen molar-refractivity contribution in [2.45, 2.75) is 50.7 Å². The number of hydrogen-bond donors (Lipinski definition) is 1. The first-order valence-corrected chi connectivity index (χ1v) is 7.13. The molecule has 18 heavy (non-hydrogen) atoms. The first-order chi connectivity index (χ1) is 8.50. The Bertz CT molecular complexity index is 426. The summed E-state index contributed by atoms with van der Waals surface area (Å²) in [6, 6.07) is 0.385. The van der Waals surface area contributed by atoms with Crippen molar-refractivity contribution in [3.63, 3.8) is 0 Å². The highest BCUT2D eigenvalue weighted by molar-refractivity contribution is 7.99. The van der Waals surface area contributed by atoms with E-state index in [4.69, 9.17) is 5.11 Å². The van der Waals surface area contributed by atoms with Gasteiger partial charge in [-0.2, -0.15) is 0 Å². The number of nitrogens with zero attached hydrogens (tertiary/aromatic N) is 4. The molecule has 0 aromatic carbocycles. The summed E-state index contributed by atoms with van der Waals surface area (Å²) in [4.78, 5) is 11.0. The first-order valence-electron chi connectivity index (χ1n) is 6.15. The standard InChI is InChI=1S/C11H18N4O2S/c1-11(2,9(16)17)7-18-10-12-13-14-15(10)8-5-3-4-6-8/h8H,3-7H2,1-2H3,(H,16,17). The Balaban J connectivity index is 2.02. The summed E-state index contributed by atoms with van der Waals surface area (Å²) in [5.41, 5.74) is -0.767. The molecule has 1 heterocycles. The molecule has 1 saturated carbocycles. The lowest BCUT2D eigenvalue weighted by Crippen LogP contribution is -2.26. The number of hydrogen-bond acceptors (Lipinski definition) is 5. The van der Waals surface area contributed by atoms with E-state index in [0.29, 0.717) is 11.8 Å². The van der Waals surface area contributed by atoms with Crippen molar-refractivity contribution in [1.82, 2.24) is 20.2 Å². The van der Waals surface area contributed by atoms with E-state index in [0.717, 1.165) is 18.0 Å². The maximum atomic E-state index is 11.0. The Morgan fingerprint density at radius 3 is 2.78 bits per heavy atom. The van der Waals surface area contributed by atoms with E-state index in [1.807, 2.05) is 4.68 Å². The molecule has 1 aliphatic rings. The zero-order valence-corrected chi connectivity index (χ0v) is 11.5. The molecular weight excluding hydrogens is 252 g/mol. The predicted octanol–water partition coefficient (Wildman–Crippen LogP) is 1.99. The summed E-state index contributed by atoms with van der Waals surface area (Å²) in [5, 5.41) is 21.5. The molecule has 1 aromatic heterocycles. The van der Waals surface area contributed by atoms with E-state index in [9.17, 15) is 4.79 Å². The normalized spacial score (nSPS) is 17.2. The van der Waals surface area contributed by atoms with Crippen molar-refractivity contribution >= 4 is 17.7 Å². The third-order valence-corrected chi connectivity index (χ3v) is 4.67. The van der Waals surface area contributed by atoms with Crippen molar-refractivity contribution in [2.24, 2.45) is 5.41 Å². The molecule has 1 N–H and O–H groups in total. The van der Waals surface area contributed by atoms with Crippen molar-refractivity contribution in [3.8, 4) is 0 Å². The molecule has 100 valence electrons. The fraction of sp³-hybridized carbons (Fsp3) is 0.818. The molecule has 0 radical (unpaired) electrons. The van der Waals surface area contributed by atoms with E-state index < -0.39 is 11.4 Å². The molecule has 0 amide bonds. The number of carboxylic acid groups (broad SMARTS) is 1. The van der Waals surface area contributed by atoms with Crippen molar-refractivity contribution in [1.29, 1.82) is 0 Å². The average molecular weight is 270 g/mol. The first kappa shape index (κ1) is 13.3. The number of aliphatic carboxylic acids is 1. The molecule has 0 unspecified atom stereocenters. The van der Waals surface area contributed by atoms with Crippen LogP contribution in [0.25, 0.3) is 0 Å². The lowest BCUT2D eigenvalue weighted by atomic mass is 9.97. The molecule has 7 heteroatoms. The number of rotatable bonds is 5. The van der Waals surface area contributed by atoms with Crippen LogP contribution in [0.4, 0.5) is 0 Å². The largest absolute Gasteiger partial charge is 0.481 e. The third-order valence-electron chi connectivity index (χ3n) is 3.27. The summed E-state index contributed by atoms with van der Waals surface area (Å²) in [7, 11) is 0. The van der Waals surface area contributed by atoms with Gasteiger partial charge in [0.1, 0.15) is 0 Å². The number of carbonyl (C=O) groups is 1. The van der Waals surface area contributed by atoms with Crippen LogP contribution >= 0.6 is 11.8 Å². The van der Waals surface area contributed by atoms with E-state index in [2.05, 4.69) is 15.5 Å². The van der Waals surface area contributed by atoms with Crippen LogP contribution < -0.4 is 0 Å². The third kappa shape index (κ3) is 2.82. The number of aromatic nitrogens is 4. The molecule has 2 rings (SSSR count). The monoisotopic (exact) mass is 270 g/mol. The maximum absolute atomic E-state index is 11.0. The highest BCUT2D eigenvalue weighted by Gasteiger charge is 2.29. The van der Waals surface area contributed by atoms with Gasteiger partial charge in [0.15, 0.2) is 0 Å². The topological polar surface area (TPSA) is 80.9 Å². The van der Waals surface area contributed by atoms with Crippen LogP contribution in [0, 0.1) is 5.41 Å². The average Bonchev–Trinajstić information content (AvgIpc) is 2.96. The van der Waals surface area contributed by atoms with E-state index in [1.54, 1.807) is 13.8 Å². The highest BCUT2D eigenvalue weighted by Crippen LogP contribution is 2.33. The number of tetrazole rings is 1. The zero-order chi connectivity index (χ0) is 13.2. The van der Waals surface area contributed by atoms with Crippen LogP contribution in [-0.4, -0.2) is 37.0 Å². The summed E-state index contributed by atoms with van der Waals surface area (Å²) >= 11 is 1.42. The highest BCUT2D eigenvalue weighted by atomic mass is 32.2. The van der Waals surface area contributed by atoms with Crippen LogP contribution in [0.3, 0.4) is 0 Å². The second-order valence-corrected chi connectivity index (χ2v) is 6.26. The summed E-state index contributed by atoms with van der Waals surface area (Å²) in [6.07, 6.45) is 4.66. The fourth-order valence-electron chi connectivity index (χ4n) is 1.97. The van der Waals surface area contributed by atoms with Gasteiger partial charge in [0, 0.05) is 5.75 Å². The lowest BCUT2D eigenvalue weighted by Gasteiger charge is -2.18. The Hall–Kier alpha value is -1.11. The van der Waals surface area contributed by atoms with Crippen LogP contribution in [-0.2, 0) is 4.79 Å². The quantitative estimate of drug-likeness (QED) is 0.824. The van der Waals surface area contributed by atoms with Crippen LogP contribution in [0.1, 0.15) is 45.6 Å². The van der Waals surface area contributed by atoms with Gasteiger partial charge in [-0.05, 0) is 37.1 Å². The molecule has 1 aliphatic carbocycles. The van der Waals surface area contributed by atoms with Gasteiger partial charge < -0.3 is 5.11 Å². The molecule has 0 saturated heterocycles. The molecule has 0 atom stereocenters. The van der Waals surface area contributed by atoms with Crippen molar-refractivity contribution in [2.75, 3.05) is 5.75 Å². The molecule has 0 bridgehead atoms. The van der Waals surface area contributed by atoms with Crippen LogP contribution in [0.15, 0.2) is 5.16 Å². The summed E-state index contributed by atoms with van der Waals surface area (Å²) in [5.74, 6) is -0.329. The Morgan fingerprint density at radius 1 is 1.50 bits per heavy atom. The molecule has 0 aliphatic heterocycles. The Kier molecular flexibility index (Phi) is 3.89. The van der Waals surface area contributed by atoms with Gasteiger partial charge in [-0.25, -0.2) is 4.68 Å². The van der Waals surface area contributed by atoms with Gasteiger partial charge in [-0.3, -0.25) is 4.79 Å². The molecule has 1 fully saturated rings. The van der Waals surface area contributed by atoms with Crippen molar-refractivity contribution in [3.05, 3.63) is 0 Å². The number of carboxylic acids is 1. The summed E-state index contributed by atoms with van der Waals surface area (Å²) < 4.78 is 1.86. The fourth-order valence-corrected chi connectivity index (χ4v) is 2.99. The van der Waals surface area contributed by atoms with Crippen LogP contribution in [0.2, 0.25) is 0 Å². The van der Waals surface area contributed by atoms with Gasteiger partial charge in [-0.1, -0.05) is 24.6 Å². The smallest absolute Gasteiger partial charge is 0.309 e. The van der Waals surface area contributed by atoms with E-state index >= 15 is 0 Å². The lowest BCUT2D eigenvalue weighted by molar-refractivity contribution is -0.145. The van der Waals surface area contributed by atoms with Crippen LogP contribution in [0.5, 0.6) is 0 Å². The maximum Gasteiger partial charge on any atom is 0.309 e. The summed E-state index contributed by atoms with van der Waals surface area (Å²) in [6.45, 7) is 3.43. The Labute approximate surface area is 110 Å². The molecule has 1 aromatic rings. The SMILES string of the molecule is CC(C)(CSc1nnnn1C1CCCC1)C(=O)O. The predicted molar refractivity (Wildman–Crippen MR) is 67.5 cm³/mol. The van der Waals surface area contributed by atoms with Gasteiger partial charge in [0.2, 0.25) is 5.16 Å². The second-order valence-electron chi connectivity index (χ2n) is 5.32. The van der Waals surface area contributed by atoms with Crippen molar-refractivity contribution < 1.29 is 9.90 Å². The van der Waals surface area contributed by atoms with E-state index in [-0.39, 0.29) is 0 Å². The number of thioether (sulfide) groups is 1. The minimum Gasteiger partial charge on any atom is -0.481 e. The van der Waals surface area contributed by atoms with Gasteiger partial charge in [0.25, 0.3) is 0 Å². The molecular formula is C11H18N4O2S. The minimum absolute atomic E-state index is 0.385. The van der Waals surface area contributed by atoms with Gasteiger partial charge in [0.05, 0.1) is 11.5 Å². The Morgan fingerprint density at radius 2 is 2.17 bits per heavy atom. The second kappa shape index (κ2) is 5.26. The van der Waals surface area contributed by atoms with E-state index in [1.165, 1.54) is 24.6 Å².